The molecule has 0 aliphatic carbocycles. The average molecular weight is 151 g/mol. The fraction of sp³-hybridized carbons (Fsp3) is 0.875. The first kappa shape index (κ1) is 7.08. The summed E-state index contributed by atoms with van der Waals surface area (Å²) in [6.45, 7) is 2.12. The monoisotopic (exact) mass is 151 g/mol. The highest BCUT2D eigenvalue weighted by atomic mass is 15.3. The van der Waals surface area contributed by atoms with E-state index in [1.807, 2.05) is 0 Å². The van der Waals surface area contributed by atoms with Crippen molar-refractivity contribution >= 4 is 0 Å². The molecule has 3 nitrogen and oxygen atoms in total. The molecule has 2 saturated heterocycles. The Morgan fingerprint density at radius 2 is 2.36 bits per heavy atom. The van der Waals surface area contributed by atoms with Gasteiger partial charge in [-0.3, -0.25) is 4.90 Å². The minimum absolute atomic E-state index is 0.184. The topological polar surface area (TPSA) is 39.1 Å². The highest BCUT2D eigenvalue weighted by molar-refractivity contribution is 4.99. The van der Waals surface area contributed by atoms with E-state index in [0.29, 0.717) is 6.17 Å². The summed E-state index contributed by atoms with van der Waals surface area (Å²) in [5.74, 6) is 0. The van der Waals surface area contributed by atoms with Gasteiger partial charge in [0.15, 0.2) is 0 Å². The first-order valence-electron chi connectivity index (χ1n) is 4.30. The molecule has 2 aliphatic rings. The molecular formula is C8H13N3. The highest BCUT2D eigenvalue weighted by Crippen LogP contribution is 2.22. The fourth-order valence-corrected chi connectivity index (χ4v) is 2.08. The van der Waals surface area contributed by atoms with Gasteiger partial charge < -0.3 is 5.32 Å². The van der Waals surface area contributed by atoms with Crippen LogP contribution in [0.25, 0.3) is 0 Å². The molecule has 0 saturated carbocycles. The Balaban J connectivity index is 2.08. The van der Waals surface area contributed by atoms with Crippen LogP contribution in [0.5, 0.6) is 0 Å². The zero-order valence-corrected chi connectivity index (χ0v) is 6.58. The van der Waals surface area contributed by atoms with Gasteiger partial charge in [0.2, 0.25) is 0 Å². The largest absolute Gasteiger partial charge is 0.300 e. The predicted molar refractivity (Wildman–Crippen MR) is 41.7 cm³/mol. The second-order valence-electron chi connectivity index (χ2n) is 3.28. The molecule has 60 valence electrons. The second-order valence-corrected chi connectivity index (χ2v) is 3.28. The van der Waals surface area contributed by atoms with Gasteiger partial charge in [0.05, 0.1) is 18.3 Å². The Labute approximate surface area is 67.0 Å². The predicted octanol–water partition coefficient (Wildman–Crippen LogP) is 0.294. The van der Waals surface area contributed by atoms with Crippen molar-refractivity contribution in [3.05, 3.63) is 0 Å². The van der Waals surface area contributed by atoms with E-state index in [1.54, 1.807) is 0 Å². The summed E-state index contributed by atoms with van der Waals surface area (Å²) in [5.41, 5.74) is 0. The van der Waals surface area contributed by atoms with Gasteiger partial charge in [-0.2, -0.15) is 5.26 Å². The first-order valence-corrected chi connectivity index (χ1v) is 4.30. The van der Waals surface area contributed by atoms with Crippen LogP contribution in [0.15, 0.2) is 0 Å². The van der Waals surface area contributed by atoms with E-state index >= 15 is 0 Å². The molecule has 2 heterocycles. The van der Waals surface area contributed by atoms with Gasteiger partial charge in [0.25, 0.3) is 0 Å². The Kier molecular flexibility index (Phi) is 1.80. The van der Waals surface area contributed by atoms with E-state index in [0.717, 1.165) is 19.5 Å². The minimum Gasteiger partial charge on any atom is -0.300 e. The summed E-state index contributed by atoms with van der Waals surface area (Å²) in [7, 11) is 0. The van der Waals surface area contributed by atoms with Gasteiger partial charge in [0, 0.05) is 13.1 Å². The number of nitrogens with zero attached hydrogens (tertiary/aromatic N) is 2. The number of piperidine rings is 1. The summed E-state index contributed by atoms with van der Waals surface area (Å²) < 4.78 is 0. The molecule has 11 heavy (non-hydrogen) atoms. The lowest BCUT2D eigenvalue weighted by Crippen LogP contribution is -2.45. The third-order valence-electron chi connectivity index (χ3n) is 2.65. The zero-order chi connectivity index (χ0) is 7.68. The quantitative estimate of drug-likeness (QED) is 0.541. The summed E-state index contributed by atoms with van der Waals surface area (Å²) >= 11 is 0. The standard InChI is InChI=1S/C8H13N3/c9-6-7-2-1-3-8-10-4-5-11(7)8/h7-8,10H,1-5H2. The van der Waals surface area contributed by atoms with E-state index < -0.39 is 0 Å². The summed E-state index contributed by atoms with van der Waals surface area (Å²) in [6.07, 6.45) is 3.99. The van der Waals surface area contributed by atoms with Crippen molar-refractivity contribution in [2.24, 2.45) is 0 Å². The van der Waals surface area contributed by atoms with Crippen LogP contribution in [-0.4, -0.2) is 30.2 Å². The fourth-order valence-electron chi connectivity index (χ4n) is 2.08. The molecule has 0 aromatic carbocycles. The Hall–Kier alpha value is -0.590. The van der Waals surface area contributed by atoms with Crippen molar-refractivity contribution in [1.82, 2.24) is 10.2 Å². The van der Waals surface area contributed by atoms with Crippen LogP contribution in [0, 0.1) is 11.3 Å². The molecule has 0 spiro atoms. The van der Waals surface area contributed by atoms with Crippen LogP contribution >= 0.6 is 0 Å². The lowest BCUT2D eigenvalue weighted by atomic mass is 10.0. The zero-order valence-electron chi connectivity index (χ0n) is 6.58. The third kappa shape index (κ3) is 1.13. The Morgan fingerprint density at radius 1 is 1.45 bits per heavy atom. The van der Waals surface area contributed by atoms with Crippen LogP contribution in [-0.2, 0) is 0 Å². The van der Waals surface area contributed by atoms with Crippen molar-refractivity contribution in [3.8, 4) is 6.07 Å². The smallest absolute Gasteiger partial charge is 0.0990 e. The maximum absolute atomic E-state index is 8.82. The summed E-state index contributed by atoms with van der Waals surface area (Å²) in [4.78, 5) is 2.30. The van der Waals surface area contributed by atoms with E-state index in [2.05, 4.69) is 16.3 Å². The number of hydrogen-bond donors (Lipinski definition) is 1. The van der Waals surface area contributed by atoms with Gasteiger partial charge in [-0.15, -0.1) is 0 Å². The molecule has 2 atom stereocenters. The van der Waals surface area contributed by atoms with Gasteiger partial charge >= 0.3 is 0 Å². The van der Waals surface area contributed by atoms with Crippen LogP contribution in [0.4, 0.5) is 0 Å². The maximum atomic E-state index is 8.82. The lowest BCUT2D eigenvalue weighted by Gasteiger charge is -2.32. The van der Waals surface area contributed by atoms with E-state index in [1.165, 1.54) is 12.8 Å². The molecule has 2 unspecified atom stereocenters. The SMILES string of the molecule is N#CC1CCCC2NCCN12. The van der Waals surface area contributed by atoms with E-state index in [9.17, 15) is 0 Å². The molecule has 0 aromatic rings. The number of nitrogens with one attached hydrogen (secondary N) is 1. The average Bonchev–Trinajstić information content (AvgIpc) is 2.50. The van der Waals surface area contributed by atoms with Crippen molar-refractivity contribution in [1.29, 1.82) is 5.26 Å². The van der Waals surface area contributed by atoms with Gasteiger partial charge in [-0.1, -0.05) is 0 Å². The molecule has 0 aromatic heterocycles. The number of hydrogen-bond acceptors (Lipinski definition) is 3. The van der Waals surface area contributed by atoms with Crippen molar-refractivity contribution in [3.63, 3.8) is 0 Å². The third-order valence-corrected chi connectivity index (χ3v) is 2.65. The van der Waals surface area contributed by atoms with E-state index in [4.69, 9.17) is 5.26 Å². The first-order chi connectivity index (χ1) is 5.42. The number of fused-ring (bicyclic) bond motifs is 1. The van der Waals surface area contributed by atoms with Gasteiger partial charge in [-0.25, -0.2) is 0 Å². The highest BCUT2D eigenvalue weighted by Gasteiger charge is 2.33. The maximum Gasteiger partial charge on any atom is 0.0990 e. The molecule has 0 amide bonds. The Morgan fingerprint density at radius 3 is 3.18 bits per heavy atom. The van der Waals surface area contributed by atoms with Gasteiger partial charge in [-0.05, 0) is 19.3 Å². The molecule has 3 heteroatoms. The normalized spacial score (nSPS) is 38.1. The second kappa shape index (κ2) is 2.80. The van der Waals surface area contributed by atoms with Crippen LogP contribution in [0.1, 0.15) is 19.3 Å². The minimum atomic E-state index is 0.184. The molecule has 2 rings (SSSR count). The van der Waals surface area contributed by atoms with Crippen molar-refractivity contribution in [2.75, 3.05) is 13.1 Å². The number of nitriles is 1. The van der Waals surface area contributed by atoms with Crippen molar-refractivity contribution in [2.45, 2.75) is 31.5 Å². The summed E-state index contributed by atoms with van der Waals surface area (Å²) in [5, 5.41) is 12.2. The Bertz CT molecular complexity index is 184. The van der Waals surface area contributed by atoms with Crippen molar-refractivity contribution < 1.29 is 0 Å². The molecule has 2 fully saturated rings. The number of rotatable bonds is 0. The molecule has 2 aliphatic heterocycles. The van der Waals surface area contributed by atoms with Crippen LogP contribution in [0.2, 0.25) is 0 Å². The molecule has 0 bridgehead atoms. The van der Waals surface area contributed by atoms with E-state index in [-0.39, 0.29) is 6.04 Å². The molecule has 0 radical (unpaired) electrons. The molecule has 1 N–H and O–H groups in total. The van der Waals surface area contributed by atoms with Crippen LogP contribution in [0.3, 0.4) is 0 Å². The summed E-state index contributed by atoms with van der Waals surface area (Å²) in [6, 6.07) is 2.55. The lowest BCUT2D eigenvalue weighted by molar-refractivity contribution is 0.147. The van der Waals surface area contributed by atoms with Gasteiger partial charge in [0.1, 0.15) is 0 Å². The molecular weight excluding hydrogens is 138 g/mol. The van der Waals surface area contributed by atoms with Crippen LogP contribution < -0.4 is 5.32 Å².